The molecular formula is C8H10N4O2. The molecule has 6 nitrogen and oxygen atoms in total. The second-order valence-corrected chi connectivity index (χ2v) is 3.63. The summed E-state index contributed by atoms with van der Waals surface area (Å²) in [4.78, 5) is 15.5. The first kappa shape index (κ1) is 9.05. The van der Waals surface area contributed by atoms with Gasteiger partial charge in [0.2, 0.25) is 5.91 Å². The zero-order valence-corrected chi connectivity index (χ0v) is 7.50. The number of aliphatic hydroxyl groups is 1. The van der Waals surface area contributed by atoms with Crippen LogP contribution in [0.15, 0.2) is 17.3 Å². The van der Waals surface area contributed by atoms with Gasteiger partial charge in [-0.3, -0.25) is 4.79 Å². The highest BCUT2D eigenvalue weighted by Gasteiger charge is 2.52. The molecule has 2 rings (SSSR count). The average Bonchev–Trinajstić information content (AvgIpc) is 2.14. The van der Waals surface area contributed by atoms with Crippen LogP contribution in [-0.4, -0.2) is 40.6 Å². The fourth-order valence-corrected chi connectivity index (χ4v) is 2.05. The monoisotopic (exact) mass is 194 g/mol. The number of carbonyl (C=O) groups excluding carboxylic acids is 1. The first-order valence-corrected chi connectivity index (χ1v) is 4.34. The van der Waals surface area contributed by atoms with E-state index < -0.39 is 12.1 Å². The normalized spacial score (nSPS) is 35.8. The fraction of sp³-hybridized carbons (Fsp3) is 0.625. The number of carbonyl (C=O) groups is 1. The Hall–Kier alpha value is -1.52. The highest BCUT2D eigenvalue weighted by Crippen LogP contribution is 2.33. The van der Waals surface area contributed by atoms with E-state index in [-0.39, 0.29) is 11.9 Å². The molecule has 1 N–H and O–H groups in total. The molecule has 2 saturated heterocycles. The van der Waals surface area contributed by atoms with Gasteiger partial charge in [0, 0.05) is 11.5 Å². The maximum absolute atomic E-state index is 11.4. The molecule has 2 aliphatic heterocycles. The van der Waals surface area contributed by atoms with Crippen molar-refractivity contribution in [3.05, 3.63) is 22.6 Å². The molecule has 3 atom stereocenters. The summed E-state index contributed by atoms with van der Waals surface area (Å²) in [6.07, 6.45) is -0.171. The maximum atomic E-state index is 11.4. The molecule has 2 fully saturated rings. The Morgan fingerprint density at radius 3 is 3.07 bits per heavy atom. The minimum Gasteiger partial charge on any atom is -0.391 e. The van der Waals surface area contributed by atoms with Gasteiger partial charge in [-0.25, -0.2) is 0 Å². The van der Waals surface area contributed by atoms with E-state index >= 15 is 0 Å². The van der Waals surface area contributed by atoms with E-state index in [9.17, 15) is 9.90 Å². The smallest absolute Gasteiger partial charge is 0.234 e. The van der Waals surface area contributed by atoms with Crippen molar-refractivity contribution in [1.82, 2.24) is 4.90 Å². The van der Waals surface area contributed by atoms with E-state index in [4.69, 9.17) is 5.53 Å². The number of nitrogens with zero attached hydrogens (tertiary/aromatic N) is 4. The average molecular weight is 194 g/mol. The molecule has 0 saturated carbocycles. The van der Waals surface area contributed by atoms with Gasteiger partial charge in [-0.05, 0) is 12.0 Å². The third-order valence-corrected chi connectivity index (χ3v) is 2.68. The zero-order valence-electron chi connectivity index (χ0n) is 7.50. The summed E-state index contributed by atoms with van der Waals surface area (Å²) in [6, 6.07) is -1.06. The second kappa shape index (κ2) is 3.01. The van der Waals surface area contributed by atoms with Crippen molar-refractivity contribution in [3.8, 4) is 0 Å². The lowest BCUT2D eigenvalue weighted by molar-refractivity contribution is -0.157. The molecular weight excluding hydrogens is 184 g/mol. The van der Waals surface area contributed by atoms with Crippen LogP contribution in [0.3, 0.4) is 0 Å². The lowest BCUT2D eigenvalue weighted by atomic mass is 9.83. The number of amides is 1. The standard InChI is InChI=1S/C8H10N4O2/c1-4-2-5(13)7-6(10-11-9)8(14)12(7)3-4/h5-7,13H,1-3H2/t5-,6-,7+/m1/s1. The number of hydrogen-bond donors (Lipinski definition) is 1. The largest absolute Gasteiger partial charge is 0.391 e. The number of β-lactam (4-membered cyclic amide) rings is 1. The molecule has 0 aromatic rings. The van der Waals surface area contributed by atoms with Crippen LogP contribution < -0.4 is 0 Å². The van der Waals surface area contributed by atoms with Gasteiger partial charge >= 0.3 is 0 Å². The van der Waals surface area contributed by atoms with Gasteiger partial charge in [0.15, 0.2) is 0 Å². The molecule has 14 heavy (non-hydrogen) atoms. The Morgan fingerprint density at radius 2 is 2.43 bits per heavy atom. The first-order valence-electron chi connectivity index (χ1n) is 4.34. The van der Waals surface area contributed by atoms with Crippen LogP contribution in [-0.2, 0) is 4.79 Å². The molecule has 74 valence electrons. The Labute approximate surface area is 80.4 Å². The molecule has 2 heterocycles. The summed E-state index contributed by atoms with van der Waals surface area (Å²) in [7, 11) is 0. The van der Waals surface area contributed by atoms with Crippen molar-refractivity contribution in [1.29, 1.82) is 0 Å². The predicted molar refractivity (Wildman–Crippen MR) is 48.2 cm³/mol. The van der Waals surface area contributed by atoms with Crippen molar-refractivity contribution in [2.75, 3.05) is 6.54 Å². The van der Waals surface area contributed by atoms with Crippen molar-refractivity contribution < 1.29 is 9.90 Å². The van der Waals surface area contributed by atoms with E-state index in [1.165, 1.54) is 4.90 Å². The van der Waals surface area contributed by atoms with Crippen molar-refractivity contribution in [2.24, 2.45) is 5.11 Å². The van der Waals surface area contributed by atoms with Gasteiger partial charge in [-0.2, -0.15) is 0 Å². The van der Waals surface area contributed by atoms with Crippen LogP contribution in [0.5, 0.6) is 0 Å². The molecule has 0 unspecified atom stereocenters. The van der Waals surface area contributed by atoms with E-state index in [1.54, 1.807) is 0 Å². The Morgan fingerprint density at radius 1 is 1.71 bits per heavy atom. The number of hydrogen-bond acceptors (Lipinski definition) is 3. The van der Waals surface area contributed by atoms with Gasteiger partial charge in [0.05, 0.1) is 12.1 Å². The van der Waals surface area contributed by atoms with E-state index in [0.717, 1.165) is 5.57 Å². The second-order valence-electron chi connectivity index (χ2n) is 3.63. The number of fused-ring (bicyclic) bond motifs is 1. The summed E-state index contributed by atoms with van der Waals surface area (Å²) >= 11 is 0. The quantitative estimate of drug-likeness (QED) is 0.212. The Bertz CT molecular complexity index is 347. The third-order valence-electron chi connectivity index (χ3n) is 2.68. The topological polar surface area (TPSA) is 89.3 Å². The highest BCUT2D eigenvalue weighted by atomic mass is 16.3. The third kappa shape index (κ3) is 1.08. The highest BCUT2D eigenvalue weighted by molar-refractivity contribution is 5.90. The molecule has 6 heteroatoms. The maximum Gasteiger partial charge on any atom is 0.234 e. The molecule has 0 spiro atoms. The van der Waals surface area contributed by atoms with Crippen LogP contribution in [0.4, 0.5) is 0 Å². The van der Waals surface area contributed by atoms with Gasteiger partial charge in [0.25, 0.3) is 0 Å². The molecule has 1 amide bonds. The summed E-state index contributed by atoms with van der Waals surface area (Å²) < 4.78 is 0. The number of azide groups is 1. The van der Waals surface area contributed by atoms with Gasteiger partial charge in [-0.1, -0.05) is 17.3 Å². The Kier molecular flexibility index (Phi) is 1.94. The zero-order chi connectivity index (χ0) is 10.3. The van der Waals surface area contributed by atoms with E-state index in [0.29, 0.717) is 13.0 Å². The van der Waals surface area contributed by atoms with Gasteiger partial charge in [-0.15, -0.1) is 0 Å². The lowest BCUT2D eigenvalue weighted by Crippen LogP contribution is -2.70. The van der Waals surface area contributed by atoms with Crippen LogP contribution in [0.1, 0.15) is 6.42 Å². The van der Waals surface area contributed by atoms with E-state index in [1.807, 2.05) is 0 Å². The van der Waals surface area contributed by atoms with Crippen molar-refractivity contribution >= 4 is 5.91 Å². The SMILES string of the molecule is C=C1C[C@@H](O)[C@H]2[C@@H](N=[N+]=[N-])C(=O)N2C1. The number of piperidine rings is 1. The molecule has 0 radical (unpaired) electrons. The number of aliphatic hydroxyl groups excluding tert-OH is 1. The molecule has 0 aromatic carbocycles. The van der Waals surface area contributed by atoms with Crippen molar-refractivity contribution in [3.63, 3.8) is 0 Å². The predicted octanol–water partition coefficient (Wildman–Crippen LogP) is 0.197. The van der Waals surface area contributed by atoms with Crippen molar-refractivity contribution in [2.45, 2.75) is 24.6 Å². The minimum atomic E-state index is -0.719. The molecule has 0 aliphatic carbocycles. The van der Waals surface area contributed by atoms with Crippen LogP contribution in [0.25, 0.3) is 10.4 Å². The fourth-order valence-electron chi connectivity index (χ4n) is 2.05. The van der Waals surface area contributed by atoms with Gasteiger partial charge < -0.3 is 10.0 Å². The lowest BCUT2D eigenvalue weighted by Gasteiger charge is -2.51. The summed E-state index contributed by atoms with van der Waals surface area (Å²) in [6.45, 7) is 4.20. The van der Waals surface area contributed by atoms with Crippen LogP contribution in [0, 0.1) is 0 Å². The molecule has 2 aliphatic rings. The first-order chi connectivity index (χ1) is 6.65. The summed E-state index contributed by atoms with van der Waals surface area (Å²) in [5, 5.41) is 13.0. The van der Waals surface area contributed by atoms with E-state index in [2.05, 4.69) is 16.6 Å². The van der Waals surface area contributed by atoms with Gasteiger partial charge in [0.1, 0.15) is 6.04 Å². The molecule has 0 aromatic heterocycles. The summed E-state index contributed by atoms with van der Waals surface area (Å²) in [5.74, 6) is -0.215. The number of rotatable bonds is 1. The molecule has 0 bridgehead atoms. The van der Waals surface area contributed by atoms with Crippen LogP contribution >= 0.6 is 0 Å². The van der Waals surface area contributed by atoms with Crippen LogP contribution in [0.2, 0.25) is 0 Å². The Balaban J connectivity index is 2.20. The summed E-state index contributed by atoms with van der Waals surface area (Å²) in [5.41, 5.74) is 9.07. The minimum absolute atomic E-state index is 0.215.